The van der Waals surface area contributed by atoms with Crippen LogP contribution in [0.25, 0.3) is 0 Å². The number of hydrogen-bond acceptors (Lipinski definition) is 5. The Labute approximate surface area is 152 Å². The van der Waals surface area contributed by atoms with Gasteiger partial charge in [0.05, 0.1) is 11.7 Å². The highest BCUT2D eigenvalue weighted by molar-refractivity contribution is 6.69. The minimum absolute atomic E-state index is 0.00970. The molecule has 2 unspecified atom stereocenters. The van der Waals surface area contributed by atoms with Crippen molar-refractivity contribution >= 4 is 14.1 Å². The molecule has 1 heterocycles. The molecule has 1 N–H and O–H groups in total. The molecule has 25 heavy (non-hydrogen) atoms. The van der Waals surface area contributed by atoms with Crippen molar-refractivity contribution in [3.8, 4) is 0 Å². The van der Waals surface area contributed by atoms with Crippen LogP contribution in [0, 0.1) is 5.92 Å². The summed E-state index contributed by atoms with van der Waals surface area (Å²) in [6, 6.07) is 3.80. The fourth-order valence-corrected chi connectivity index (χ4v) is 3.56. The average molecular weight is 368 g/mol. The zero-order chi connectivity index (χ0) is 19.1. The fourth-order valence-electron chi connectivity index (χ4n) is 2.49. The quantitative estimate of drug-likeness (QED) is 0.638. The second-order valence-electron chi connectivity index (χ2n) is 8.28. The molecule has 0 saturated carbocycles. The summed E-state index contributed by atoms with van der Waals surface area (Å²) in [7, 11) is -1.89. The van der Waals surface area contributed by atoms with E-state index in [1.807, 2.05) is 32.9 Å². The standard InChI is InChI=1S/C19H33NO4Si/c1-19(2,3)23-14-17(22)16(10-8-12-21)18(24-25(4,5)6)15-9-7-11-20-13-15/h7,9,11,13,16,18,21H,8,10,12,14H2,1-6H3. The Morgan fingerprint density at radius 2 is 2.00 bits per heavy atom. The lowest BCUT2D eigenvalue weighted by Gasteiger charge is -2.33. The van der Waals surface area contributed by atoms with Crippen molar-refractivity contribution < 1.29 is 19.1 Å². The predicted octanol–water partition coefficient (Wildman–Crippen LogP) is 3.75. The molecule has 142 valence electrons. The third-order valence-electron chi connectivity index (χ3n) is 3.59. The number of Topliss-reactive ketones (excluding diaryl/α,β-unsaturated/α-hetero) is 1. The van der Waals surface area contributed by atoms with Crippen LogP contribution in [0.2, 0.25) is 19.6 Å². The minimum atomic E-state index is -1.89. The van der Waals surface area contributed by atoms with E-state index in [2.05, 4.69) is 24.6 Å². The van der Waals surface area contributed by atoms with Crippen LogP contribution in [0.5, 0.6) is 0 Å². The average Bonchev–Trinajstić information content (AvgIpc) is 2.51. The molecule has 0 aliphatic heterocycles. The highest BCUT2D eigenvalue weighted by atomic mass is 28.4. The third kappa shape index (κ3) is 8.72. The third-order valence-corrected chi connectivity index (χ3v) is 4.55. The number of aliphatic hydroxyl groups excluding tert-OH is 1. The largest absolute Gasteiger partial charge is 0.410 e. The smallest absolute Gasteiger partial charge is 0.184 e. The Kier molecular flexibility index (Phi) is 8.41. The molecular weight excluding hydrogens is 334 g/mol. The number of carbonyl (C=O) groups excluding carboxylic acids is 1. The van der Waals surface area contributed by atoms with Crippen molar-refractivity contribution in [3.63, 3.8) is 0 Å². The Morgan fingerprint density at radius 3 is 2.48 bits per heavy atom. The van der Waals surface area contributed by atoms with Gasteiger partial charge in [-0.25, -0.2) is 0 Å². The molecule has 0 amide bonds. The SMILES string of the molecule is CC(C)(C)OCC(=O)C(CCCO)C(O[Si](C)(C)C)c1cccnc1. The Hall–Kier alpha value is -1.08. The fraction of sp³-hybridized carbons (Fsp3) is 0.684. The van der Waals surface area contributed by atoms with E-state index in [0.717, 1.165) is 5.56 Å². The Balaban J connectivity index is 3.08. The second-order valence-corrected chi connectivity index (χ2v) is 12.7. The van der Waals surface area contributed by atoms with Crippen LogP contribution in [0.1, 0.15) is 45.3 Å². The van der Waals surface area contributed by atoms with Crippen molar-refractivity contribution in [2.24, 2.45) is 5.92 Å². The zero-order valence-electron chi connectivity index (χ0n) is 16.4. The molecule has 1 rings (SSSR count). The van der Waals surface area contributed by atoms with Gasteiger partial charge in [-0.2, -0.15) is 0 Å². The maximum atomic E-state index is 12.9. The van der Waals surface area contributed by atoms with Gasteiger partial charge >= 0.3 is 0 Å². The number of hydrogen-bond donors (Lipinski definition) is 1. The van der Waals surface area contributed by atoms with Crippen LogP contribution in [0.3, 0.4) is 0 Å². The first-order valence-electron chi connectivity index (χ1n) is 8.89. The first-order chi connectivity index (χ1) is 11.5. The molecular formula is C19H33NO4Si. The van der Waals surface area contributed by atoms with Crippen LogP contribution in [-0.2, 0) is 14.0 Å². The summed E-state index contributed by atoms with van der Waals surface area (Å²) in [4.78, 5) is 17.1. The number of rotatable bonds is 10. The van der Waals surface area contributed by atoms with Crippen molar-refractivity contribution in [1.82, 2.24) is 4.98 Å². The van der Waals surface area contributed by atoms with E-state index in [9.17, 15) is 9.90 Å². The molecule has 1 aromatic rings. The van der Waals surface area contributed by atoms with E-state index in [1.54, 1.807) is 12.4 Å². The summed E-state index contributed by atoms with van der Waals surface area (Å²) in [6.07, 6.45) is 4.23. The molecule has 0 aromatic carbocycles. The lowest BCUT2D eigenvalue weighted by atomic mass is 9.89. The molecule has 6 heteroatoms. The zero-order valence-corrected chi connectivity index (χ0v) is 17.4. The summed E-state index contributed by atoms with van der Waals surface area (Å²) in [5.41, 5.74) is 0.526. The van der Waals surface area contributed by atoms with E-state index in [-0.39, 0.29) is 36.6 Å². The molecule has 5 nitrogen and oxygen atoms in total. The van der Waals surface area contributed by atoms with Crippen molar-refractivity contribution in [1.29, 1.82) is 0 Å². The minimum Gasteiger partial charge on any atom is -0.410 e. The molecule has 0 radical (unpaired) electrons. The van der Waals surface area contributed by atoms with E-state index in [0.29, 0.717) is 12.8 Å². The Morgan fingerprint density at radius 1 is 1.32 bits per heavy atom. The van der Waals surface area contributed by atoms with E-state index in [1.165, 1.54) is 0 Å². The second kappa shape index (κ2) is 9.57. The molecule has 1 aromatic heterocycles. The van der Waals surface area contributed by atoms with Crippen molar-refractivity contribution in [2.45, 2.75) is 65.0 Å². The van der Waals surface area contributed by atoms with Crippen LogP contribution in [0.4, 0.5) is 0 Å². The highest BCUT2D eigenvalue weighted by Crippen LogP contribution is 2.33. The summed E-state index contributed by atoms with van der Waals surface area (Å²) < 4.78 is 12.1. The summed E-state index contributed by atoms with van der Waals surface area (Å²) in [5.74, 6) is -0.346. The summed E-state index contributed by atoms with van der Waals surface area (Å²) in [5, 5.41) is 9.25. The van der Waals surface area contributed by atoms with E-state index >= 15 is 0 Å². The van der Waals surface area contributed by atoms with Gasteiger partial charge in [-0.1, -0.05) is 6.07 Å². The molecule has 0 aliphatic rings. The van der Waals surface area contributed by atoms with Gasteiger partial charge in [0.15, 0.2) is 14.1 Å². The predicted molar refractivity (Wildman–Crippen MR) is 102 cm³/mol. The molecule has 0 saturated heterocycles. The first kappa shape index (κ1) is 22.0. The van der Waals surface area contributed by atoms with Gasteiger partial charge in [0.1, 0.15) is 6.61 Å². The highest BCUT2D eigenvalue weighted by Gasteiger charge is 2.34. The summed E-state index contributed by atoms with van der Waals surface area (Å²) in [6.45, 7) is 12.2. The van der Waals surface area contributed by atoms with Crippen molar-refractivity contribution in [3.05, 3.63) is 30.1 Å². The number of aromatic nitrogens is 1. The van der Waals surface area contributed by atoms with Gasteiger partial charge in [0.25, 0.3) is 0 Å². The number of nitrogens with zero attached hydrogens (tertiary/aromatic N) is 1. The van der Waals surface area contributed by atoms with E-state index in [4.69, 9.17) is 9.16 Å². The monoisotopic (exact) mass is 367 g/mol. The van der Waals surface area contributed by atoms with Gasteiger partial charge in [-0.15, -0.1) is 0 Å². The van der Waals surface area contributed by atoms with Crippen LogP contribution >= 0.6 is 0 Å². The van der Waals surface area contributed by atoms with Crippen LogP contribution in [-0.4, -0.2) is 43.0 Å². The first-order valence-corrected chi connectivity index (χ1v) is 12.3. The van der Waals surface area contributed by atoms with Crippen LogP contribution < -0.4 is 0 Å². The number of pyridine rings is 1. The topological polar surface area (TPSA) is 68.7 Å². The molecule has 0 aliphatic carbocycles. The van der Waals surface area contributed by atoms with Crippen molar-refractivity contribution in [2.75, 3.05) is 13.2 Å². The summed E-state index contributed by atoms with van der Waals surface area (Å²) >= 11 is 0. The number of aliphatic hydroxyl groups is 1. The van der Waals surface area contributed by atoms with E-state index < -0.39 is 8.32 Å². The number of ketones is 1. The molecule has 0 spiro atoms. The molecule has 2 atom stereocenters. The van der Waals surface area contributed by atoms with Gasteiger partial charge in [-0.3, -0.25) is 9.78 Å². The van der Waals surface area contributed by atoms with Crippen LogP contribution in [0.15, 0.2) is 24.5 Å². The molecule has 0 fully saturated rings. The number of ether oxygens (including phenoxy) is 1. The molecule has 0 bridgehead atoms. The lowest BCUT2D eigenvalue weighted by molar-refractivity contribution is -0.136. The van der Waals surface area contributed by atoms with Gasteiger partial charge in [-0.05, 0) is 64.9 Å². The normalized spacial score (nSPS) is 15.0. The van der Waals surface area contributed by atoms with Gasteiger partial charge in [0.2, 0.25) is 0 Å². The number of carbonyl (C=O) groups is 1. The van der Waals surface area contributed by atoms with Gasteiger partial charge in [0, 0.05) is 24.9 Å². The van der Waals surface area contributed by atoms with Gasteiger partial charge < -0.3 is 14.3 Å². The maximum Gasteiger partial charge on any atom is 0.184 e. The lowest BCUT2D eigenvalue weighted by Crippen LogP contribution is -2.36. The maximum absolute atomic E-state index is 12.9. The Bertz CT molecular complexity index is 522.